The van der Waals surface area contributed by atoms with Gasteiger partial charge in [0.05, 0.1) is 5.37 Å². The number of hydrogen-bond donors (Lipinski definition) is 0. The monoisotopic (exact) mass is 279 g/mol. The van der Waals surface area contributed by atoms with Crippen LogP contribution in [0.15, 0.2) is 30.3 Å². The van der Waals surface area contributed by atoms with Gasteiger partial charge in [0.25, 0.3) is 0 Å². The predicted molar refractivity (Wildman–Crippen MR) is 66.5 cm³/mol. The van der Waals surface area contributed by atoms with E-state index in [4.69, 9.17) is 0 Å². The number of rotatable bonds is 4. The van der Waals surface area contributed by atoms with Crippen LogP contribution in [0.1, 0.15) is 12.0 Å². The lowest BCUT2D eigenvalue weighted by molar-refractivity contribution is -0.0348. The Balaban J connectivity index is 1.77. The molecule has 0 saturated carbocycles. The first-order chi connectivity index (χ1) is 8.04. The highest BCUT2D eigenvalue weighted by Gasteiger charge is 2.40. The molecule has 1 aliphatic rings. The maximum absolute atomic E-state index is 12.2. The molecular weight excluding hydrogens is 267 g/mol. The van der Waals surface area contributed by atoms with Gasteiger partial charge in [-0.25, -0.2) is 4.31 Å². The molecule has 94 valence electrons. The van der Waals surface area contributed by atoms with Crippen LogP contribution in [0.25, 0.3) is 0 Å². The second-order valence-electron chi connectivity index (χ2n) is 3.71. The summed E-state index contributed by atoms with van der Waals surface area (Å²) in [7, 11) is 0. The lowest BCUT2D eigenvalue weighted by atomic mass is 10.2. The fourth-order valence-electron chi connectivity index (χ4n) is 1.49. The van der Waals surface area contributed by atoms with Gasteiger partial charge in [-0.3, -0.25) is 0 Å². The predicted octanol–water partition coefficient (Wildman–Crippen LogP) is 4.12. The summed E-state index contributed by atoms with van der Waals surface area (Å²) in [6.45, 7) is 0.741. The van der Waals surface area contributed by atoms with Gasteiger partial charge in [-0.2, -0.15) is 13.2 Å². The lowest BCUT2D eigenvalue weighted by Crippen LogP contribution is -2.41. The van der Waals surface area contributed by atoms with E-state index >= 15 is 0 Å². The van der Waals surface area contributed by atoms with E-state index < -0.39 is 10.9 Å². The summed E-state index contributed by atoms with van der Waals surface area (Å²) in [4.78, 5) is 0. The smallest absolute Gasteiger partial charge is 0.237 e. The highest BCUT2D eigenvalue weighted by Crippen LogP contribution is 2.43. The molecule has 1 fully saturated rings. The van der Waals surface area contributed by atoms with Gasteiger partial charge < -0.3 is 0 Å². The van der Waals surface area contributed by atoms with Crippen LogP contribution in [0, 0.1) is 0 Å². The minimum absolute atomic E-state index is 0.0919. The van der Waals surface area contributed by atoms with Gasteiger partial charge in [-0.1, -0.05) is 42.3 Å². The fraction of sp³-hybridized carbons (Fsp3) is 0.455. The van der Waals surface area contributed by atoms with Crippen LogP contribution in [-0.4, -0.2) is 21.7 Å². The Kier molecular flexibility index (Phi) is 4.27. The van der Waals surface area contributed by atoms with Gasteiger partial charge in [0, 0.05) is 12.3 Å². The van der Waals surface area contributed by atoms with Crippen molar-refractivity contribution in [1.29, 1.82) is 0 Å². The summed E-state index contributed by atoms with van der Waals surface area (Å²) in [5.41, 5.74) is -2.99. The Bertz CT molecular complexity index is 355. The quantitative estimate of drug-likeness (QED) is 0.763. The van der Waals surface area contributed by atoms with Crippen molar-refractivity contribution >= 4 is 23.7 Å². The summed E-state index contributed by atoms with van der Waals surface area (Å²) in [6.07, 6.45) is 0.617. The molecule has 6 heteroatoms. The molecule has 1 aromatic carbocycles. The molecule has 0 spiro atoms. The fourth-order valence-corrected chi connectivity index (χ4v) is 3.57. The maximum Gasteiger partial charge on any atom is 0.443 e. The lowest BCUT2D eigenvalue weighted by Gasteiger charge is -2.39. The van der Waals surface area contributed by atoms with Crippen LogP contribution in [0.2, 0.25) is 0 Å². The molecule has 0 aliphatic carbocycles. The van der Waals surface area contributed by atoms with Crippen molar-refractivity contribution in [3.63, 3.8) is 0 Å². The minimum Gasteiger partial charge on any atom is -0.237 e. The molecule has 0 amide bonds. The van der Waals surface area contributed by atoms with Crippen molar-refractivity contribution in [2.75, 3.05) is 6.54 Å². The molecule has 1 aliphatic heterocycles. The minimum atomic E-state index is -4.13. The highest BCUT2D eigenvalue weighted by molar-refractivity contribution is 8.02. The van der Waals surface area contributed by atoms with Crippen LogP contribution in [0.4, 0.5) is 13.2 Å². The Hall–Kier alpha value is -0.330. The van der Waals surface area contributed by atoms with Gasteiger partial charge in [0.1, 0.15) is 0 Å². The highest BCUT2D eigenvalue weighted by atomic mass is 32.2. The molecule has 0 N–H and O–H groups in total. The molecule has 2 rings (SSSR count). The van der Waals surface area contributed by atoms with Gasteiger partial charge >= 0.3 is 5.51 Å². The van der Waals surface area contributed by atoms with Gasteiger partial charge in [-0.05, 0) is 23.7 Å². The molecule has 0 bridgehead atoms. The second kappa shape index (κ2) is 5.54. The molecule has 1 atom stereocenters. The zero-order valence-corrected chi connectivity index (χ0v) is 10.6. The summed E-state index contributed by atoms with van der Waals surface area (Å²) >= 11 is 1.57. The van der Waals surface area contributed by atoms with E-state index in [2.05, 4.69) is 0 Å². The van der Waals surface area contributed by atoms with Gasteiger partial charge in [0.15, 0.2) is 0 Å². The Morgan fingerprint density at radius 1 is 1.24 bits per heavy atom. The first kappa shape index (κ1) is 13.1. The van der Waals surface area contributed by atoms with Crippen LogP contribution >= 0.6 is 23.7 Å². The van der Waals surface area contributed by atoms with Crippen LogP contribution < -0.4 is 0 Å². The zero-order valence-electron chi connectivity index (χ0n) is 8.98. The first-order valence-corrected chi connectivity index (χ1v) is 7.05. The third-order valence-electron chi connectivity index (χ3n) is 2.43. The second-order valence-corrected chi connectivity index (χ2v) is 5.97. The summed E-state index contributed by atoms with van der Waals surface area (Å²) in [5.74, 6) is 0.732. The van der Waals surface area contributed by atoms with Crippen molar-refractivity contribution in [3.05, 3.63) is 35.9 Å². The molecule has 1 unspecified atom stereocenters. The summed E-state index contributed by atoms with van der Waals surface area (Å²) < 4.78 is 38.4. The van der Waals surface area contributed by atoms with E-state index in [-0.39, 0.29) is 11.8 Å². The molecular formula is C11H12F3NS2. The largest absolute Gasteiger partial charge is 0.443 e. The molecule has 0 radical (unpaired) electrons. The van der Waals surface area contributed by atoms with E-state index in [0.29, 0.717) is 6.42 Å². The third-order valence-corrected chi connectivity index (χ3v) is 4.82. The number of halogens is 3. The van der Waals surface area contributed by atoms with E-state index in [1.54, 1.807) is 0 Å². The Morgan fingerprint density at radius 3 is 2.47 bits per heavy atom. The Labute approximate surface area is 107 Å². The topological polar surface area (TPSA) is 3.24 Å². The summed E-state index contributed by atoms with van der Waals surface area (Å²) in [6, 6.07) is 9.78. The summed E-state index contributed by atoms with van der Waals surface area (Å²) in [5, 5.41) is -0.413. The zero-order chi connectivity index (χ0) is 12.3. The number of benzene rings is 1. The van der Waals surface area contributed by atoms with Gasteiger partial charge in [0.2, 0.25) is 0 Å². The number of thioether (sulfide) groups is 1. The van der Waals surface area contributed by atoms with Crippen molar-refractivity contribution < 1.29 is 13.2 Å². The van der Waals surface area contributed by atoms with Crippen molar-refractivity contribution in [2.24, 2.45) is 0 Å². The van der Waals surface area contributed by atoms with E-state index in [9.17, 15) is 13.2 Å². The average Bonchev–Trinajstić information content (AvgIpc) is 2.25. The van der Waals surface area contributed by atoms with E-state index in [1.165, 1.54) is 11.9 Å². The molecule has 1 aromatic rings. The average molecular weight is 279 g/mol. The van der Waals surface area contributed by atoms with Gasteiger partial charge in [-0.15, -0.1) is 0 Å². The molecule has 0 aromatic heterocycles. The standard InChI is InChI=1S/C11H12F3NS2/c12-11(13,14)17-10-6-7-15(10)16-8-9-4-2-1-3-5-9/h1-5,10H,6-8H2. The SMILES string of the molecule is FC(F)(F)SC1CCN1SCc1ccccc1. The van der Waals surface area contributed by atoms with E-state index in [0.717, 1.165) is 17.9 Å². The first-order valence-electron chi connectivity index (χ1n) is 5.22. The third kappa shape index (κ3) is 4.12. The van der Waals surface area contributed by atoms with Crippen LogP contribution in [0.3, 0.4) is 0 Å². The number of nitrogens with zero attached hydrogens (tertiary/aromatic N) is 1. The number of alkyl halides is 3. The Morgan fingerprint density at radius 2 is 1.94 bits per heavy atom. The van der Waals surface area contributed by atoms with Crippen molar-refractivity contribution in [2.45, 2.75) is 23.1 Å². The maximum atomic E-state index is 12.2. The van der Waals surface area contributed by atoms with Crippen molar-refractivity contribution in [3.8, 4) is 0 Å². The molecule has 1 heterocycles. The molecule has 1 saturated heterocycles. The van der Waals surface area contributed by atoms with E-state index in [1.807, 2.05) is 34.6 Å². The van der Waals surface area contributed by atoms with Crippen molar-refractivity contribution in [1.82, 2.24) is 4.31 Å². The molecule has 17 heavy (non-hydrogen) atoms. The molecule has 1 nitrogen and oxygen atoms in total. The normalized spacial score (nSPS) is 21.2. The van der Waals surface area contributed by atoms with Crippen LogP contribution in [-0.2, 0) is 5.75 Å². The number of hydrogen-bond acceptors (Lipinski definition) is 3. The van der Waals surface area contributed by atoms with Crippen LogP contribution in [0.5, 0.6) is 0 Å².